The molecule has 5 rings (SSSR count). The van der Waals surface area contributed by atoms with E-state index in [1.807, 2.05) is 24.3 Å². The summed E-state index contributed by atoms with van der Waals surface area (Å²) in [6.07, 6.45) is 1.66. The van der Waals surface area contributed by atoms with E-state index in [4.69, 9.17) is 13.9 Å². The van der Waals surface area contributed by atoms with Gasteiger partial charge in [0.25, 0.3) is 0 Å². The standard InChI is InChI=1S/C26H19NO5/c1-30-17-12-10-16(11-13-17)25-26(24(29)19-7-3-5-9-23(19)32-25)31-15-22(28)20-14-27-21-8-4-2-6-18(20)21/h2-14,27H,15H2,1H3. The molecule has 0 aliphatic carbocycles. The summed E-state index contributed by atoms with van der Waals surface area (Å²) >= 11 is 0. The monoisotopic (exact) mass is 425 g/mol. The highest BCUT2D eigenvalue weighted by atomic mass is 16.5. The van der Waals surface area contributed by atoms with E-state index in [-0.39, 0.29) is 29.3 Å². The van der Waals surface area contributed by atoms with Gasteiger partial charge in [0.1, 0.15) is 11.3 Å². The highest BCUT2D eigenvalue weighted by Crippen LogP contribution is 2.32. The van der Waals surface area contributed by atoms with Crippen molar-refractivity contribution < 1.29 is 18.7 Å². The molecule has 0 aliphatic rings. The largest absolute Gasteiger partial charge is 0.497 e. The number of methoxy groups -OCH3 is 1. The Hall–Kier alpha value is -4.32. The van der Waals surface area contributed by atoms with E-state index in [9.17, 15) is 9.59 Å². The van der Waals surface area contributed by atoms with Gasteiger partial charge in [-0.2, -0.15) is 0 Å². The number of rotatable bonds is 6. The minimum absolute atomic E-state index is 0.00191. The number of benzene rings is 3. The van der Waals surface area contributed by atoms with Crippen LogP contribution in [0, 0.1) is 0 Å². The summed E-state index contributed by atoms with van der Waals surface area (Å²) < 4.78 is 17.1. The van der Waals surface area contributed by atoms with Crippen LogP contribution in [0.25, 0.3) is 33.2 Å². The number of carbonyl (C=O) groups is 1. The van der Waals surface area contributed by atoms with Gasteiger partial charge in [-0.1, -0.05) is 30.3 Å². The molecule has 0 atom stereocenters. The van der Waals surface area contributed by atoms with E-state index in [0.717, 1.165) is 10.9 Å². The summed E-state index contributed by atoms with van der Waals surface area (Å²) in [5, 5.41) is 1.20. The van der Waals surface area contributed by atoms with E-state index in [1.165, 1.54) is 0 Å². The molecule has 0 amide bonds. The quantitative estimate of drug-likeness (QED) is 0.378. The normalized spacial score (nSPS) is 11.0. The van der Waals surface area contributed by atoms with Gasteiger partial charge in [-0.3, -0.25) is 9.59 Å². The first-order chi connectivity index (χ1) is 15.7. The van der Waals surface area contributed by atoms with Crippen molar-refractivity contribution in [2.75, 3.05) is 13.7 Å². The predicted molar refractivity (Wildman–Crippen MR) is 123 cm³/mol. The van der Waals surface area contributed by atoms with Gasteiger partial charge in [-0.05, 0) is 42.5 Å². The first-order valence-electron chi connectivity index (χ1n) is 10.1. The summed E-state index contributed by atoms with van der Waals surface area (Å²) in [5.41, 5.74) is 2.13. The smallest absolute Gasteiger partial charge is 0.235 e. The van der Waals surface area contributed by atoms with Crippen LogP contribution < -0.4 is 14.9 Å². The molecule has 1 N–H and O–H groups in total. The van der Waals surface area contributed by atoms with Crippen LogP contribution in [-0.4, -0.2) is 24.5 Å². The molecule has 0 saturated heterocycles. The third-order valence-electron chi connectivity index (χ3n) is 5.35. The molecule has 0 unspecified atom stereocenters. The SMILES string of the molecule is COc1ccc(-c2oc3ccccc3c(=O)c2OCC(=O)c2c[nH]c3ccccc23)cc1. The maximum Gasteiger partial charge on any atom is 0.235 e. The number of aromatic nitrogens is 1. The number of hydrogen-bond acceptors (Lipinski definition) is 5. The van der Waals surface area contributed by atoms with Gasteiger partial charge >= 0.3 is 0 Å². The highest BCUT2D eigenvalue weighted by molar-refractivity contribution is 6.08. The number of aromatic amines is 1. The maximum atomic E-state index is 13.2. The van der Waals surface area contributed by atoms with Crippen LogP contribution in [0.2, 0.25) is 0 Å². The van der Waals surface area contributed by atoms with Gasteiger partial charge in [0, 0.05) is 28.2 Å². The van der Waals surface area contributed by atoms with Crippen molar-refractivity contribution in [3.63, 3.8) is 0 Å². The second kappa shape index (κ2) is 8.07. The Kier molecular flexibility index (Phi) is 4.95. The third kappa shape index (κ3) is 3.41. The molecule has 158 valence electrons. The van der Waals surface area contributed by atoms with Gasteiger partial charge < -0.3 is 18.9 Å². The van der Waals surface area contributed by atoms with Crippen molar-refractivity contribution in [3.8, 4) is 22.8 Å². The number of carbonyl (C=O) groups excluding carboxylic acids is 1. The lowest BCUT2D eigenvalue weighted by Gasteiger charge is -2.11. The molecule has 0 saturated carbocycles. The molecule has 6 heteroatoms. The lowest BCUT2D eigenvalue weighted by atomic mass is 10.1. The van der Waals surface area contributed by atoms with E-state index < -0.39 is 0 Å². The second-order valence-corrected chi connectivity index (χ2v) is 7.27. The van der Waals surface area contributed by atoms with Crippen molar-refractivity contribution in [1.82, 2.24) is 4.98 Å². The Morgan fingerprint density at radius 3 is 2.44 bits per heavy atom. The number of hydrogen-bond donors (Lipinski definition) is 1. The Labute approximate surface area is 183 Å². The molecule has 0 radical (unpaired) electrons. The van der Waals surface area contributed by atoms with Crippen LogP contribution in [0.15, 0.2) is 88.2 Å². The fourth-order valence-corrected chi connectivity index (χ4v) is 3.71. The lowest BCUT2D eigenvalue weighted by molar-refractivity contribution is 0.0922. The van der Waals surface area contributed by atoms with Crippen LogP contribution in [0.3, 0.4) is 0 Å². The summed E-state index contributed by atoms with van der Waals surface area (Å²) in [6, 6.07) is 21.6. The molecule has 2 heterocycles. The number of ether oxygens (including phenoxy) is 2. The molecule has 0 bridgehead atoms. The summed E-state index contributed by atoms with van der Waals surface area (Å²) in [6.45, 7) is -0.298. The predicted octanol–water partition coefficient (Wildman–Crippen LogP) is 5.21. The Bertz CT molecular complexity index is 1490. The molecule has 5 aromatic rings. The average Bonchev–Trinajstić information content (AvgIpc) is 3.28. The molecule has 6 nitrogen and oxygen atoms in total. The van der Waals surface area contributed by atoms with Crippen LogP contribution in [0.5, 0.6) is 11.5 Å². The fourth-order valence-electron chi connectivity index (χ4n) is 3.71. The zero-order valence-electron chi connectivity index (χ0n) is 17.3. The van der Waals surface area contributed by atoms with Crippen molar-refractivity contribution in [2.24, 2.45) is 0 Å². The van der Waals surface area contributed by atoms with Gasteiger partial charge in [0.15, 0.2) is 12.4 Å². The second-order valence-electron chi connectivity index (χ2n) is 7.27. The first-order valence-corrected chi connectivity index (χ1v) is 10.1. The minimum atomic E-state index is -0.329. The van der Waals surface area contributed by atoms with Crippen LogP contribution in [-0.2, 0) is 0 Å². The first kappa shape index (κ1) is 19.6. The maximum absolute atomic E-state index is 13.2. The molecule has 32 heavy (non-hydrogen) atoms. The number of nitrogens with one attached hydrogen (secondary N) is 1. The third-order valence-corrected chi connectivity index (χ3v) is 5.35. The van der Waals surface area contributed by atoms with E-state index in [1.54, 1.807) is 61.8 Å². The molecule has 2 aromatic heterocycles. The van der Waals surface area contributed by atoms with Gasteiger partial charge in [0.05, 0.1) is 12.5 Å². The number of Topliss-reactive ketones (excluding diaryl/α,β-unsaturated/α-hetero) is 1. The van der Waals surface area contributed by atoms with Gasteiger partial charge in [-0.15, -0.1) is 0 Å². The number of para-hydroxylation sites is 2. The topological polar surface area (TPSA) is 81.5 Å². The Balaban J connectivity index is 1.55. The zero-order chi connectivity index (χ0) is 22.1. The fraction of sp³-hybridized carbons (Fsp3) is 0.0769. The van der Waals surface area contributed by atoms with Crippen molar-refractivity contribution >= 4 is 27.7 Å². The van der Waals surface area contributed by atoms with Crippen LogP contribution in [0.4, 0.5) is 0 Å². The van der Waals surface area contributed by atoms with Crippen molar-refractivity contribution in [1.29, 1.82) is 0 Å². The van der Waals surface area contributed by atoms with Crippen LogP contribution >= 0.6 is 0 Å². The van der Waals surface area contributed by atoms with Crippen molar-refractivity contribution in [3.05, 3.63) is 94.8 Å². The zero-order valence-corrected chi connectivity index (χ0v) is 17.3. The minimum Gasteiger partial charge on any atom is -0.497 e. The van der Waals surface area contributed by atoms with E-state index >= 15 is 0 Å². The van der Waals surface area contributed by atoms with Crippen molar-refractivity contribution in [2.45, 2.75) is 0 Å². The number of fused-ring (bicyclic) bond motifs is 2. The number of H-pyrrole nitrogens is 1. The molecule has 3 aromatic carbocycles. The average molecular weight is 425 g/mol. The van der Waals surface area contributed by atoms with Gasteiger partial charge in [0.2, 0.25) is 17.0 Å². The summed E-state index contributed by atoms with van der Waals surface area (Å²) in [4.78, 5) is 29.2. The molecular weight excluding hydrogens is 406 g/mol. The lowest BCUT2D eigenvalue weighted by Crippen LogP contribution is -2.17. The summed E-state index contributed by atoms with van der Waals surface area (Å²) in [5.74, 6) is 0.703. The Morgan fingerprint density at radius 2 is 1.66 bits per heavy atom. The van der Waals surface area contributed by atoms with Gasteiger partial charge in [-0.25, -0.2) is 0 Å². The number of ketones is 1. The summed E-state index contributed by atoms with van der Waals surface area (Å²) in [7, 11) is 1.58. The van der Waals surface area contributed by atoms with E-state index in [0.29, 0.717) is 27.8 Å². The molecule has 0 fully saturated rings. The van der Waals surface area contributed by atoms with E-state index in [2.05, 4.69) is 4.98 Å². The molecular formula is C26H19NO5. The van der Waals surface area contributed by atoms with Crippen LogP contribution in [0.1, 0.15) is 10.4 Å². The highest BCUT2D eigenvalue weighted by Gasteiger charge is 2.20. The molecule has 0 spiro atoms. The Morgan fingerprint density at radius 1 is 0.938 bits per heavy atom. The molecule has 0 aliphatic heterocycles.